The van der Waals surface area contributed by atoms with Gasteiger partial charge in [-0.1, -0.05) is 18.2 Å². The van der Waals surface area contributed by atoms with Gasteiger partial charge in [-0.15, -0.1) is 0 Å². The standard InChI is InChI=1S/C33H40FN5O2/c1-5-39(20(2)3)32(40)29-16-24(34)6-8-27(29)28-15-23(18-38-19-35-17-30(28)38)22-10-12-37(13-11-22)33(41)31-26-9-7-25(36-31)14-21(26)4/h6,8,15-20,22,25-26,31,36H,4-5,7,9-14H2,1-3H3/t25-,26+,31+/m1/s1. The summed E-state index contributed by atoms with van der Waals surface area (Å²) in [7, 11) is 0. The molecule has 3 atom stereocenters. The maximum absolute atomic E-state index is 14.5. The molecule has 0 spiro atoms. The highest BCUT2D eigenvalue weighted by Gasteiger charge is 2.43. The summed E-state index contributed by atoms with van der Waals surface area (Å²) in [4.78, 5) is 35.3. The van der Waals surface area contributed by atoms with Gasteiger partial charge in [0.15, 0.2) is 0 Å². The van der Waals surface area contributed by atoms with E-state index in [9.17, 15) is 14.0 Å². The molecule has 4 aliphatic rings. The summed E-state index contributed by atoms with van der Waals surface area (Å²) in [5, 5.41) is 3.58. The van der Waals surface area contributed by atoms with Crippen molar-refractivity contribution in [1.82, 2.24) is 24.5 Å². The number of imidazole rings is 1. The third kappa shape index (κ3) is 5.07. The number of piperidine rings is 3. The number of rotatable bonds is 6. The number of carbonyl (C=O) groups is 2. The van der Waals surface area contributed by atoms with Crippen molar-refractivity contribution in [3.63, 3.8) is 0 Å². The normalized spacial score (nSPS) is 23.0. The van der Waals surface area contributed by atoms with Crippen molar-refractivity contribution in [2.24, 2.45) is 5.92 Å². The maximum Gasteiger partial charge on any atom is 0.254 e. The van der Waals surface area contributed by atoms with Crippen LogP contribution in [0, 0.1) is 11.7 Å². The van der Waals surface area contributed by atoms with Gasteiger partial charge in [0.05, 0.1) is 29.6 Å². The van der Waals surface area contributed by atoms with Crippen LogP contribution < -0.4 is 5.32 Å². The van der Waals surface area contributed by atoms with E-state index in [0.717, 1.165) is 48.7 Å². The van der Waals surface area contributed by atoms with Crippen molar-refractivity contribution in [2.75, 3.05) is 19.6 Å². The molecule has 3 aromatic rings. The SMILES string of the molecule is C=C1C[C@H]2CC[C@@H]1[C@@H](C(=O)N1CCC(c3cc(-c4ccc(F)cc4C(=O)N(CC)C(C)C)c4cncn4c3)CC1)N2. The van der Waals surface area contributed by atoms with Gasteiger partial charge in [-0.25, -0.2) is 9.37 Å². The summed E-state index contributed by atoms with van der Waals surface area (Å²) in [5.41, 5.74) is 5.16. The fraction of sp³-hybridized carbons (Fsp3) is 0.485. The number of benzene rings is 1. The second-order valence-electron chi connectivity index (χ2n) is 12.2. The number of pyridine rings is 1. The zero-order chi connectivity index (χ0) is 28.8. The Morgan fingerprint density at radius 2 is 1.93 bits per heavy atom. The Morgan fingerprint density at radius 1 is 1.15 bits per heavy atom. The molecule has 1 aliphatic carbocycles. The number of aromatic nitrogens is 2. The minimum absolute atomic E-state index is 0.00473. The Hall–Kier alpha value is -3.52. The zero-order valence-electron chi connectivity index (χ0n) is 24.3. The summed E-state index contributed by atoms with van der Waals surface area (Å²) in [6.07, 6.45) is 10.6. The summed E-state index contributed by atoms with van der Waals surface area (Å²) in [5.74, 6) is 0.115. The van der Waals surface area contributed by atoms with E-state index >= 15 is 0 Å². The molecule has 41 heavy (non-hydrogen) atoms. The molecular weight excluding hydrogens is 517 g/mol. The summed E-state index contributed by atoms with van der Waals surface area (Å²) < 4.78 is 16.5. The van der Waals surface area contributed by atoms with Gasteiger partial charge >= 0.3 is 0 Å². The van der Waals surface area contributed by atoms with Gasteiger partial charge in [0.1, 0.15) is 5.82 Å². The lowest BCUT2D eigenvalue weighted by Gasteiger charge is -2.46. The van der Waals surface area contributed by atoms with E-state index in [2.05, 4.69) is 29.1 Å². The number of hydrogen-bond acceptors (Lipinski definition) is 4. The van der Waals surface area contributed by atoms with Crippen LogP contribution in [0.3, 0.4) is 0 Å². The average molecular weight is 558 g/mol. The van der Waals surface area contributed by atoms with E-state index in [1.807, 2.05) is 30.1 Å². The molecule has 1 saturated carbocycles. The van der Waals surface area contributed by atoms with E-state index in [1.165, 1.54) is 17.7 Å². The first-order chi connectivity index (χ1) is 19.7. The highest BCUT2D eigenvalue weighted by atomic mass is 19.1. The first-order valence-corrected chi connectivity index (χ1v) is 15.0. The van der Waals surface area contributed by atoms with Crippen LogP contribution in [0.4, 0.5) is 4.39 Å². The lowest BCUT2D eigenvalue weighted by atomic mass is 9.73. The van der Waals surface area contributed by atoms with E-state index in [1.54, 1.807) is 23.5 Å². The van der Waals surface area contributed by atoms with Crippen molar-refractivity contribution in [3.8, 4) is 11.1 Å². The lowest BCUT2D eigenvalue weighted by Crippen LogP contribution is -2.60. The van der Waals surface area contributed by atoms with Crippen LogP contribution in [0.5, 0.6) is 0 Å². The Labute approximate surface area is 241 Å². The maximum atomic E-state index is 14.5. The van der Waals surface area contributed by atoms with Gasteiger partial charge in [-0.2, -0.15) is 0 Å². The van der Waals surface area contributed by atoms with Crippen molar-refractivity contribution in [2.45, 2.75) is 76.9 Å². The Morgan fingerprint density at radius 3 is 2.61 bits per heavy atom. The van der Waals surface area contributed by atoms with Gasteiger partial charge in [0, 0.05) is 49.4 Å². The number of nitrogens with one attached hydrogen (secondary N) is 1. The molecule has 3 aliphatic heterocycles. The van der Waals surface area contributed by atoms with Gasteiger partial charge in [-0.3, -0.25) is 9.59 Å². The fourth-order valence-electron chi connectivity index (χ4n) is 7.26. The van der Waals surface area contributed by atoms with E-state index < -0.39 is 5.82 Å². The highest BCUT2D eigenvalue weighted by molar-refractivity contribution is 6.03. The van der Waals surface area contributed by atoms with Gasteiger partial charge in [0.25, 0.3) is 5.91 Å². The van der Waals surface area contributed by atoms with Crippen LogP contribution in [0.25, 0.3) is 16.6 Å². The second-order valence-corrected chi connectivity index (χ2v) is 12.2. The van der Waals surface area contributed by atoms with E-state index in [4.69, 9.17) is 0 Å². The molecule has 3 saturated heterocycles. The zero-order valence-corrected chi connectivity index (χ0v) is 24.3. The first kappa shape index (κ1) is 27.6. The third-order valence-corrected chi connectivity index (χ3v) is 9.49. The minimum atomic E-state index is -0.432. The van der Waals surface area contributed by atoms with Crippen LogP contribution in [0.15, 0.2) is 55.1 Å². The Bertz CT molecular complexity index is 1490. The molecule has 8 heteroatoms. The summed E-state index contributed by atoms with van der Waals surface area (Å²) in [6.45, 7) is 12.1. The van der Waals surface area contributed by atoms with Crippen LogP contribution >= 0.6 is 0 Å². The topological polar surface area (TPSA) is 70.0 Å². The third-order valence-electron chi connectivity index (χ3n) is 9.49. The quantitative estimate of drug-likeness (QED) is 0.412. The molecule has 5 heterocycles. The Kier molecular flexibility index (Phi) is 7.45. The number of hydrogen-bond donors (Lipinski definition) is 1. The van der Waals surface area contributed by atoms with Gasteiger partial charge in [-0.05, 0) is 88.1 Å². The van der Waals surface area contributed by atoms with Gasteiger partial charge < -0.3 is 19.5 Å². The number of halogens is 1. The van der Waals surface area contributed by atoms with Crippen LogP contribution in [-0.2, 0) is 4.79 Å². The predicted octanol–water partition coefficient (Wildman–Crippen LogP) is 5.41. The minimum Gasteiger partial charge on any atom is -0.341 e. The van der Waals surface area contributed by atoms with Crippen molar-refractivity contribution < 1.29 is 14.0 Å². The van der Waals surface area contributed by atoms with Crippen LogP contribution in [0.2, 0.25) is 0 Å². The number of amides is 2. The monoisotopic (exact) mass is 557 g/mol. The average Bonchev–Trinajstić information content (AvgIpc) is 3.45. The Balaban J connectivity index is 1.27. The largest absolute Gasteiger partial charge is 0.341 e. The molecule has 2 bridgehead atoms. The van der Waals surface area contributed by atoms with Crippen molar-refractivity contribution in [3.05, 3.63) is 72.1 Å². The van der Waals surface area contributed by atoms with Crippen LogP contribution in [-0.4, -0.2) is 68.8 Å². The molecule has 216 valence electrons. The number of carbonyl (C=O) groups excluding carboxylic acids is 2. The predicted molar refractivity (Wildman–Crippen MR) is 158 cm³/mol. The molecule has 2 amide bonds. The fourth-order valence-corrected chi connectivity index (χ4v) is 7.26. The second kappa shape index (κ2) is 11.0. The van der Waals surface area contributed by atoms with Crippen molar-refractivity contribution in [1.29, 1.82) is 0 Å². The molecule has 4 fully saturated rings. The van der Waals surface area contributed by atoms with E-state index in [0.29, 0.717) is 36.8 Å². The smallest absolute Gasteiger partial charge is 0.254 e. The lowest BCUT2D eigenvalue weighted by molar-refractivity contribution is -0.137. The molecular formula is C33H40FN5O2. The molecule has 7 nitrogen and oxygen atoms in total. The van der Waals surface area contributed by atoms with Crippen LogP contribution in [0.1, 0.15) is 74.7 Å². The molecule has 0 radical (unpaired) electrons. The highest BCUT2D eigenvalue weighted by Crippen LogP contribution is 2.39. The molecule has 2 aromatic heterocycles. The van der Waals surface area contributed by atoms with Gasteiger partial charge in [0.2, 0.25) is 5.91 Å². The number of fused-ring (bicyclic) bond motifs is 4. The summed E-state index contributed by atoms with van der Waals surface area (Å²) in [6, 6.07) is 6.86. The number of likely N-dealkylation sites (tertiary alicyclic amines) is 1. The molecule has 0 unspecified atom stereocenters. The molecule has 1 N–H and O–H groups in total. The first-order valence-electron chi connectivity index (χ1n) is 15.0. The summed E-state index contributed by atoms with van der Waals surface area (Å²) >= 11 is 0. The number of nitrogens with zero attached hydrogens (tertiary/aromatic N) is 4. The van der Waals surface area contributed by atoms with E-state index in [-0.39, 0.29) is 35.7 Å². The van der Waals surface area contributed by atoms with Crippen molar-refractivity contribution >= 4 is 17.3 Å². The molecule has 7 rings (SSSR count). The molecule has 1 aromatic carbocycles.